The molecule has 0 bridgehead atoms. The summed E-state index contributed by atoms with van der Waals surface area (Å²) in [5.41, 5.74) is 2.27. The van der Waals surface area contributed by atoms with Crippen molar-refractivity contribution in [1.82, 2.24) is 14.5 Å². The van der Waals surface area contributed by atoms with Gasteiger partial charge in [-0.1, -0.05) is 11.6 Å². The van der Waals surface area contributed by atoms with Gasteiger partial charge in [-0.2, -0.15) is 0 Å². The second-order valence-corrected chi connectivity index (χ2v) is 4.23. The first kappa shape index (κ1) is 9.66. The number of anilines is 1. The molecule has 3 heterocycles. The van der Waals surface area contributed by atoms with E-state index in [-0.39, 0.29) is 0 Å². The largest absolute Gasteiger partial charge is 0.363 e. The predicted octanol–water partition coefficient (Wildman–Crippen LogP) is 1.95. The molecule has 5 heteroatoms. The van der Waals surface area contributed by atoms with E-state index in [1.165, 1.54) is 5.69 Å². The van der Waals surface area contributed by atoms with Gasteiger partial charge < -0.3 is 9.47 Å². The third-order valence-electron chi connectivity index (χ3n) is 2.85. The molecular formula is C11H11ClN4. The molecule has 2 aromatic heterocycles. The fourth-order valence-electron chi connectivity index (χ4n) is 2.01. The van der Waals surface area contributed by atoms with Crippen LogP contribution < -0.4 is 4.90 Å². The summed E-state index contributed by atoms with van der Waals surface area (Å²) in [5, 5.41) is 0.704. The first-order valence-corrected chi connectivity index (χ1v) is 5.56. The SMILES string of the molecule is Clc1cnccc1N1CCn2cncc2C1. The number of rotatable bonds is 1. The molecule has 0 atom stereocenters. The van der Waals surface area contributed by atoms with Crippen molar-refractivity contribution >= 4 is 17.3 Å². The van der Waals surface area contributed by atoms with Gasteiger partial charge in [-0.05, 0) is 6.07 Å². The highest BCUT2D eigenvalue weighted by atomic mass is 35.5. The van der Waals surface area contributed by atoms with Gasteiger partial charge >= 0.3 is 0 Å². The molecule has 0 saturated heterocycles. The predicted molar refractivity (Wildman–Crippen MR) is 62.5 cm³/mol. The smallest absolute Gasteiger partial charge is 0.0949 e. The van der Waals surface area contributed by atoms with E-state index >= 15 is 0 Å². The molecule has 2 aromatic rings. The summed E-state index contributed by atoms with van der Waals surface area (Å²) in [4.78, 5) is 10.4. The summed E-state index contributed by atoms with van der Waals surface area (Å²) in [6.45, 7) is 2.75. The topological polar surface area (TPSA) is 34.0 Å². The number of pyridine rings is 1. The minimum Gasteiger partial charge on any atom is -0.363 e. The van der Waals surface area contributed by atoms with E-state index < -0.39 is 0 Å². The quantitative estimate of drug-likeness (QED) is 0.757. The summed E-state index contributed by atoms with van der Waals surface area (Å²) in [6, 6.07) is 1.95. The molecule has 16 heavy (non-hydrogen) atoms. The number of imidazole rings is 1. The standard InChI is InChI=1S/C11H11ClN4/c12-10-6-13-2-1-11(10)15-3-4-16-8-14-5-9(16)7-15/h1-2,5-6,8H,3-4,7H2. The van der Waals surface area contributed by atoms with Gasteiger partial charge in [0, 0.05) is 31.7 Å². The first-order chi connectivity index (χ1) is 7.84. The van der Waals surface area contributed by atoms with Crippen LogP contribution in [0.1, 0.15) is 5.69 Å². The van der Waals surface area contributed by atoms with Crippen LogP contribution in [0.5, 0.6) is 0 Å². The number of nitrogens with zero attached hydrogens (tertiary/aromatic N) is 4. The maximum Gasteiger partial charge on any atom is 0.0949 e. The van der Waals surface area contributed by atoms with Crippen molar-refractivity contribution in [2.75, 3.05) is 11.4 Å². The zero-order valence-corrected chi connectivity index (χ0v) is 9.43. The lowest BCUT2D eigenvalue weighted by molar-refractivity contribution is 0.571. The third kappa shape index (κ3) is 1.55. The van der Waals surface area contributed by atoms with E-state index in [0.717, 1.165) is 25.3 Å². The van der Waals surface area contributed by atoms with Crippen molar-refractivity contribution in [2.24, 2.45) is 0 Å². The monoisotopic (exact) mass is 234 g/mol. The molecule has 0 saturated carbocycles. The number of hydrogen-bond donors (Lipinski definition) is 0. The molecule has 0 fully saturated rings. The van der Waals surface area contributed by atoms with Crippen LogP contribution in [0.4, 0.5) is 5.69 Å². The number of halogens is 1. The number of hydrogen-bond acceptors (Lipinski definition) is 3. The Hall–Kier alpha value is -1.55. The number of fused-ring (bicyclic) bond motifs is 1. The van der Waals surface area contributed by atoms with Crippen LogP contribution >= 0.6 is 11.6 Å². The third-order valence-corrected chi connectivity index (χ3v) is 3.15. The van der Waals surface area contributed by atoms with E-state index in [0.29, 0.717) is 5.02 Å². The molecule has 82 valence electrons. The average molecular weight is 235 g/mol. The Balaban J connectivity index is 1.92. The highest BCUT2D eigenvalue weighted by Gasteiger charge is 2.17. The maximum absolute atomic E-state index is 6.13. The molecule has 1 aliphatic heterocycles. The van der Waals surface area contributed by atoms with Gasteiger partial charge in [-0.25, -0.2) is 4.98 Å². The van der Waals surface area contributed by atoms with E-state index in [2.05, 4.69) is 19.4 Å². The second kappa shape index (κ2) is 3.79. The fraction of sp³-hybridized carbons (Fsp3) is 0.273. The minimum absolute atomic E-state index is 0.704. The molecule has 0 spiro atoms. The fourth-order valence-corrected chi connectivity index (χ4v) is 2.25. The lowest BCUT2D eigenvalue weighted by atomic mass is 10.2. The van der Waals surface area contributed by atoms with Crippen LogP contribution in [0.25, 0.3) is 0 Å². The van der Waals surface area contributed by atoms with Crippen LogP contribution in [0.3, 0.4) is 0 Å². The van der Waals surface area contributed by atoms with Crippen molar-refractivity contribution in [3.8, 4) is 0 Å². The van der Waals surface area contributed by atoms with Crippen molar-refractivity contribution in [3.05, 3.63) is 41.7 Å². The van der Waals surface area contributed by atoms with Crippen LogP contribution in [-0.2, 0) is 13.1 Å². The summed E-state index contributed by atoms with van der Waals surface area (Å²) < 4.78 is 2.17. The molecule has 0 aliphatic carbocycles. The summed E-state index contributed by atoms with van der Waals surface area (Å²) in [7, 11) is 0. The van der Waals surface area contributed by atoms with Gasteiger partial charge in [-0.3, -0.25) is 4.98 Å². The van der Waals surface area contributed by atoms with Crippen molar-refractivity contribution < 1.29 is 0 Å². The number of aromatic nitrogens is 3. The van der Waals surface area contributed by atoms with Gasteiger partial charge in [-0.15, -0.1) is 0 Å². The normalized spacial score (nSPS) is 14.9. The molecule has 0 N–H and O–H groups in total. The summed E-state index contributed by atoms with van der Waals surface area (Å²) in [5.74, 6) is 0. The maximum atomic E-state index is 6.13. The Morgan fingerprint density at radius 3 is 3.00 bits per heavy atom. The molecule has 0 radical (unpaired) electrons. The zero-order chi connectivity index (χ0) is 11.0. The van der Waals surface area contributed by atoms with E-state index in [1.54, 1.807) is 12.4 Å². The second-order valence-electron chi connectivity index (χ2n) is 3.83. The van der Waals surface area contributed by atoms with Gasteiger partial charge in [0.2, 0.25) is 0 Å². The lowest BCUT2D eigenvalue weighted by Crippen LogP contribution is -2.33. The van der Waals surface area contributed by atoms with Gasteiger partial charge in [0.05, 0.1) is 29.3 Å². The molecule has 4 nitrogen and oxygen atoms in total. The molecule has 1 aliphatic rings. The lowest BCUT2D eigenvalue weighted by Gasteiger charge is -2.30. The van der Waals surface area contributed by atoms with Crippen LogP contribution in [-0.4, -0.2) is 21.1 Å². The molecule has 0 aromatic carbocycles. The van der Waals surface area contributed by atoms with E-state index in [4.69, 9.17) is 11.6 Å². The minimum atomic E-state index is 0.704. The summed E-state index contributed by atoms with van der Waals surface area (Å²) >= 11 is 6.13. The Kier molecular flexibility index (Phi) is 2.29. The Bertz CT molecular complexity index is 508. The molecule has 0 unspecified atom stereocenters. The average Bonchev–Trinajstić information content (AvgIpc) is 2.76. The summed E-state index contributed by atoms with van der Waals surface area (Å²) in [6.07, 6.45) is 7.23. The first-order valence-electron chi connectivity index (χ1n) is 5.18. The van der Waals surface area contributed by atoms with Gasteiger partial charge in [0.15, 0.2) is 0 Å². The zero-order valence-electron chi connectivity index (χ0n) is 8.67. The molecular weight excluding hydrogens is 224 g/mol. The molecule has 3 rings (SSSR count). The highest BCUT2D eigenvalue weighted by molar-refractivity contribution is 6.33. The Labute approximate surface area is 98.5 Å². The van der Waals surface area contributed by atoms with Crippen LogP contribution in [0.15, 0.2) is 31.0 Å². The Morgan fingerprint density at radius 2 is 2.12 bits per heavy atom. The molecule has 0 amide bonds. The van der Waals surface area contributed by atoms with E-state index in [9.17, 15) is 0 Å². The van der Waals surface area contributed by atoms with Gasteiger partial charge in [0.1, 0.15) is 0 Å². The van der Waals surface area contributed by atoms with Crippen molar-refractivity contribution in [3.63, 3.8) is 0 Å². The van der Waals surface area contributed by atoms with Gasteiger partial charge in [0.25, 0.3) is 0 Å². The van der Waals surface area contributed by atoms with Crippen molar-refractivity contribution in [1.29, 1.82) is 0 Å². The van der Waals surface area contributed by atoms with Crippen molar-refractivity contribution in [2.45, 2.75) is 13.1 Å². The van der Waals surface area contributed by atoms with E-state index in [1.807, 2.05) is 18.6 Å². The highest BCUT2D eigenvalue weighted by Crippen LogP contribution is 2.27. The Morgan fingerprint density at radius 1 is 1.19 bits per heavy atom. The van der Waals surface area contributed by atoms with Crippen LogP contribution in [0.2, 0.25) is 5.02 Å². The van der Waals surface area contributed by atoms with Crippen LogP contribution in [0, 0.1) is 0 Å².